The molecular formula is C26H24FN3O3S2. The first-order chi connectivity index (χ1) is 16.9. The molecule has 0 saturated heterocycles. The fourth-order valence-corrected chi connectivity index (χ4v) is 5.91. The summed E-state index contributed by atoms with van der Waals surface area (Å²) >= 11 is 1.34. The average Bonchev–Trinajstić information content (AvgIpc) is 3.52. The van der Waals surface area contributed by atoms with Crippen LogP contribution >= 0.6 is 11.3 Å². The Bertz CT molecular complexity index is 1420. The molecule has 2 aromatic carbocycles. The Kier molecular flexibility index (Phi) is 7.57. The minimum Gasteiger partial charge on any atom is -0.328 e. The number of imidazole rings is 1. The lowest BCUT2D eigenvalue weighted by Crippen LogP contribution is -2.31. The molecule has 0 radical (unpaired) electrons. The van der Waals surface area contributed by atoms with E-state index in [0.29, 0.717) is 10.6 Å². The van der Waals surface area contributed by atoms with E-state index in [1.165, 1.54) is 35.7 Å². The van der Waals surface area contributed by atoms with E-state index in [4.69, 9.17) is 0 Å². The van der Waals surface area contributed by atoms with Gasteiger partial charge in [-0.1, -0.05) is 60.7 Å². The second-order valence-corrected chi connectivity index (χ2v) is 10.7. The fraction of sp³-hybridized carbons (Fsp3) is 0.154. The number of nitrogens with zero attached hydrogens (tertiary/aromatic N) is 3. The van der Waals surface area contributed by atoms with Crippen LogP contribution in [0, 0.1) is 5.82 Å². The summed E-state index contributed by atoms with van der Waals surface area (Å²) < 4.78 is 42.5. The second kappa shape index (κ2) is 10.8. The molecule has 0 fully saturated rings. The molecule has 0 bridgehead atoms. The summed E-state index contributed by atoms with van der Waals surface area (Å²) in [6.45, 7) is 4.40. The van der Waals surface area contributed by atoms with Crippen LogP contribution in [0.3, 0.4) is 0 Å². The van der Waals surface area contributed by atoms with E-state index in [9.17, 15) is 17.6 Å². The van der Waals surface area contributed by atoms with Crippen LogP contribution in [0.4, 0.5) is 4.39 Å². The SMILES string of the molecule is C=CCN(Cc1cnc(S(=O)(=O)Cc2ccccc2F)n1Cc1ccccc1)C(=O)c1cccs1. The topological polar surface area (TPSA) is 72.3 Å². The van der Waals surface area contributed by atoms with Crippen LogP contribution in [-0.2, 0) is 28.7 Å². The largest absolute Gasteiger partial charge is 0.328 e. The van der Waals surface area contributed by atoms with Gasteiger partial charge in [-0.2, -0.15) is 0 Å². The van der Waals surface area contributed by atoms with E-state index in [-0.39, 0.29) is 36.3 Å². The van der Waals surface area contributed by atoms with Crippen molar-refractivity contribution in [3.63, 3.8) is 0 Å². The molecule has 0 unspecified atom stereocenters. The number of hydrogen-bond acceptors (Lipinski definition) is 5. The van der Waals surface area contributed by atoms with Crippen molar-refractivity contribution in [1.29, 1.82) is 0 Å². The van der Waals surface area contributed by atoms with Gasteiger partial charge in [0.1, 0.15) is 5.82 Å². The zero-order valence-electron chi connectivity index (χ0n) is 18.9. The first kappa shape index (κ1) is 24.6. The van der Waals surface area contributed by atoms with Crippen LogP contribution in [0.25, 0.3) is 0 Å². The number of amides is 1. The molecule has 0 saturated carbocycles. The van der Waals surface area contributed by atoms with Crippen molar-refractivity contribution in [2.75, 3.05) is 6.54 Å². The van der Waals surface area contributed by atoms with Crippen molar-refractivity contribution in [1.82, 2.24) is 14.5 Å². The molecule has 35 heavy (non-hydrogen) atoms. The number of hydrogen-bond donors (Lipinski definition) is 0. The summed E-state index contributed by atoms with van der Waals surface area (Å²) in [5.41, 5.74) is 1.49. The van der Waals surface area contributed by atoms with Gasteiger partial charge < -0.3 is 9.47 Å². The molecule has 0 spiro atoms. The quantitative estimate of drug-likeness (QED) is 0.284. The maximum absolute atomic E-state index is 14.2. The Hall–Kier alpha value is -3.56. The van der Waals surface area contributed by atoms with E-state index in [2.05, 4.69) is 11.6 Å². The van der Waals surface area contributed by atoms with Crippen LogP contribution < -0.4 is 0 Å². The summed E-state index contributed by atoms with van der Waals surface area (Å²) in [4.78, 5) is 19.5. The predicted molar refractivity (Wildman–Crippen MR) is 134 cm³/mol. The average molecular weight is 510 g/mol. The maximum Gasteiger partial charge on any atom is 0.264 e. The van der Waals surface area contributed by atoms with Crippen molar-refractivity contribution in [3.05, 3.63) is 118 Å². The summed E-state index contributed by atoms with van der Waals surface area (Å²) in [7, 11) is -3.99. The summed E-state index contributed by atoms with van der Waals surface area (Å²) in [5, 5.41) is 1.66. The highest BCUT2D eigenvalue weighted by atomic mass is 32.2. The Labute approximate surface area is 207 Å². The second-order valence-electron chi connectivity index (χ2n) is 7.91. The van der Waals surface area contributed by atoms with Crippen molar-refractivity contribution in [2.24, 2.45) is 0 Å². The molecule has 2 aromatic heterocycles. The van der Waals surface area contributed by atoms with Gasteiger partial charge in [0, 0.05) is 12.1 Å². The van der Waals surface area contributed by atoms with Gasteiger partial charge in [0.2, 0.25) is 15.0 Å². The Morgan fingerprint density at radius 2 is 1.83 bits per heavy atom. The fourth-order valence-electron chi connectivity index (χ4n) is 3.71. The zero-order chi connectivity index (χ0) is 24.8. The number of rotatable bonds is 10. The molecule has 4 aromatic rings. The van der Waals surface area contributed by atoms with Gasteiger partial charge in [-0.15, -0.1) is 17.9 Å². The van der Waals surface area contributed by atoms with Crippen LogP contribution in [0.15, 0.2) is 96.1 Å². The molecule has 2 heterocycles. The lowest BCUT2D eigenvalue weighted by atomic mass is 10.2. The van der Waals surface area contributed by atoms with E-state index >= 15 is 0 Å². The highest BCUT2D eigenvalue weighted by Crippen LogP contribution is 2.22. The van der Waals surface area contributed by atoms with Gasteiger partial charge >= 0.3 is 0 Å². The third-order valence-electron chi connectivity index (χ3n) is 5.39. The lowest BCUT2D eigenvalue weighted by molar-refractivity contribution is 0.0764. The Morgan fingerprint density at radius 1 is 1.09 bits per heavy atom. The van der Waals surface area contributed by atoms with Crippen molar-refractivity contribution >= 4 is 27.1 Å². The summed E-state index contributed by atoms with van der Waals surface area (Å²) in [6, 6.07) is 18.7. The van der Waals surface area contributed by atoms with Crippen LogP contribution in [0.2, 0.25) is 0 Å². The molecule has 0 atom stereocenters. The van der Waals surface area contributed by atoms with E-state index in [1.54, 1.807) is 33.7 Å². The van der Waals surface area contributed by atoms with E-state index in [0.717, 1.165) is 5.56 Å². The molecule has 9 heteroatoms. The summed E-state index contributed by atoms with van der Waals surface area (Å²) in [5.74, 6) is -1.28. The number of sulfone groups is 1. The molecule has 0 N–H and O–H groups in total. The number of thiophene rings is 1. The van der Waals surface area contributed by atoms with Gasteiger partial charge in [-0.3, -0.25) is 4.79 Å². The number of carbonyl (C=O) groups excluding carboxylic acids is 1. The third kappa shape index (κ3) is 5.75. The molecule has 0 aliphatic carbocycles. The molecule has 4 rings (SSSR count). The van der Waals surface area contributed by atoms with E-state index in [1.807, 2.05) is 35.7 Å². The first-order valence-electron chi connectivity index (χ1n) is 10.9. The minimum atomic E-state index is -3.99. The van der Waals surface area contributed by atoms with Crippen molar-refractivity contribution < 1.29 is 17.6 Å². The Balaban J connectivity index is 1.72. The van der Waals surface area contributed by atoms with Crippen LogP contribution in [0.1, 0.15) is 26.5 Å². The van der Waals surface area contributed by atoms with Crippen molar-refractivity contribution in [2.45, 2.75) is 24.0 Å². The van der Waals surface area contributed by atoms with E-state index < -0.39 is 21.4 Å². The molecule has 0 aliphatic rings. The van der Waals surface area contributed by atoms with Crippen molar-refractivity contribution in [3.8, 4) is 0 Å². The minimum absolute atomic E-state index is 0.0736. The molecule has 6 nitrogen and oxygen atoms in total. The number of benzene rings is 2. The van der Waals surface area contributed by atoms with Crippen LogP contribution in [-0.4, -0.2) is 35.3 Å². The number of aromatic nitrogens is 2. The number of halogens is 1. The smallest absolute Gasteiger partial charge is 0.264 e. The zero-order valence-corrected chi connectivity index (χ0v) is 20.5. The summed E-state index contributed by atoms with van der Waals surface area (Å²) in [6.07, 6.45) is 3.09. The molecular weight excluding hydrogens is 485 g/mol. The highest BCUT2D eigenvalue weighted by Gasteiger charge is 2.27. The van der Waals surface area contributed by atoms with Crippen LogP contribution in [0.5, 0.6) is 0 Å². The Morgan fingerprint density at radius 3 is 2.51 bits per heavy atom. The lowest BCUT2D eigenvalue weighted by Gasteiger charge is -2.22. The highest BCUT2D eigenvalue weighted by molar-refractivity contribution is 7.90. The molecule has 180 valence electrons. The van der Waals surface area contributed by atoms with Gasteiger partial charge in [-0.05, 0) is 23.1 Å². The van der Waals surface area contributed by atoms with Gasteiger partial charge in [-0.25, -0.2) is 17.8 Å². The monoisotopic (exact) mass is 509 g/mol. The normalized spacial score (nSPS) is 11.3. The van der Waals surface area contributed by atoms with Gasteiger partial charge in [0.25, 0.3) is 5.91 Å². The molecule has 1 amide bonds. The number of carbonyl (C=O) groups is 1. The first-order valence-corrected chi connectivity index (χ1v) is 13.4. The standard InChI is InChI=1S/C26H24FN3O3S2/c1-2-14-29(25(31)24-13-8-15-34-24)18-22-16-28-26(30(22)17-20-9-4-3-5-10-20)35(32,33)19-21-11-6-7-12-23(21)27/h2-13,15-16H,1,14,17-19H2. The van der Waals surface area contributed by atoms with Gasteiger partial charge in [0.05, 0.1) is 35.6 Å². The third-order valence-corrected chi connectivity index (χ3v) is 7.82. The molecule has 0 aliphatic heterocycles. The maximum atomic E-state index is 14.2. The predicted octanol–water partition coefficient (Wildman–Crippen LogP) is 4.93. The van der Waals surface area contributed by atoms with Gasteiger partial charge in [0.15, 0.2) is 0 Å².